The summed E-state index contributed by atoms with van der Waals surface area (Å²) in [5.41, 5.74) is 2.03. The third kappa shape index (κ3) is 4.35. The van der Waals surface area contributed by atoms with Gasteiger partial charge in [0.25, 0.3) is 10.7 Å². The predicted molar refractivity (Wildman–Crippen MR) is 107 cm³/mol. The van der Waals surface area contributed by atoms with Gasteiger partial charge in [-0.2, -0.15) is 0 Å². The summed E-state index contributed by atoms with van der Waals surface area (Å²) in [6, 6.07) is 16.2. The Morgan fingerprint density at radius 3 is 2.62 bits per heavy atom. The summed E-state index contributed by atoms with van der Waals surface area (Å²) in [5.74, 6) is 1.17. The molecule has 0 aliphatic rings. The first-order chi connectivity index (χ1) is 12.6. The number of hydrogen-bond acceptors (Lipinski definition) is 6. The van der Waals surface area contributed by atoms with E-state index in [1.165, 1.54) is 10.5 Å². The van der Waals surface area contributed by atoms with Crippen LogP contribution in [0.3, 0.4) is 0 Å². The fourth-order valence-electron chi connectivity index (χ4n) is 2.65. The molecule has 3 rings (SSSR count). The Morgan fingerprint density at radius 1 is 1.19 bits per heavy atom. The number of nitrogens with zero attached hydrogens (tertiary/aromatic N) is 3. The Bertz CT molecular complexity index is 919. The molecule has 0 aliphatic heterocycles. The first-order valence-electron chi connectivity index (χ1n) is 8.13. The van der Waals surface area contributed by atoms with Crippen LogP contribution in [-0.4, -0.2) is 35.1 Å². The Labute approximate surface area is 162 Å². The minimum absolute atomic E-state index is 0.343. The van der Waals surface area contributed by atoms with E-state index in [1.807, 2.05) is 31.3 Å². The Morgan fingerprint density at radius 2 is 1.92 bits per heavy atom. The average molecular weight is 388 g/mol. The lowest BCUT2D eigenvalue weighted by Gasteiger charge is -2.16. The van der Waals surface area contributed by atoms with Crippen LogP contribution in [0.5, 0.6) is 5.75 Å². The summed E-state index contributed by atoms with van der Waals surface area (Å²) in [7, 11) is 3.66. The van der Waals surface area contributed by atoms with Gasteiger partial charge in [-0.3, -0.25) is 4.90 Å². The van der Waals surface area contributed by atoms with Crippen molar-refractivity contribution in [2.75, 3.05) is 20.4 Å². The van der Waals surface area contributed by atoms with Crippen molar-refractivity contribution >= 4 is 24.0 Å². The minimum atomic E-state index is 0.343. The quantitative estimate of drug-likeness (QED) is 0.433. The molecule has 0 saturated heterocycles. The normalized spacial score (nSPS) is 11.1. The van der Waals surface area contributed by atoms with Crippen LogP contribution < -0.4 is 4.74 Å². The van der Waals surface area contributed by atoms with E-state index >= 15 is 0 Å². The van der Waals surface area contributed by atoms with Crippen LogP contribution in [0.4, 0.5) is 0 Å². The highest BCUT2D eigenvalue weighted by molar-refractivity contribution is 7.98. The summed E-state index contributed by atoms with van der Waals surface area (Å²) in [4.78, 5) is 3.74. The van der Waals surface area contributed by atoms with Crippen LogP contribution in [0, 0.1) is 4.84 Å². The lowest BCUT2D eigenvalue weighted by molar-refractivity contribution is 0.240. The molecule has 0 bridgehead atoms. The van der Waals surface area contributed by atoms with E-state index in [9.17, 15) is 0 Å². The third-order valence-corrected chi connectivity index (χ3v) is 4.97. The molecule has 0 aliphatic carbocycles. The molecule has 0 saturated carbocycles. The minimum Gasteiger partial charge on any atom is -0.496 e. The average Bonchev–Trinajstić information content (AvgIpc) is 3.02. The van der Waals surface area contributed by atoms with Gasteiger partial charge in [0, 0.05) is 11.4 Å². The molecule has 2 aromatic carbocycles. The maximum Gasteiger partial charge on any atom is 0.288 e. The Kier molecular flexibility index (Phi) is 6.13. The molecule has 1 aromatic heterocycles. The van der Waals surface area contributed by atoms with Gasteiger partial charge in [-0.15, -0.1) is 16.9 Å². The molecule has 3 aromatic rings. The Hall–Kier alpha value is -2.09. The van der Waals surface area contributed by atoms with Gasteiger partial charge in [0.15, 0.2) is 0 Å². The van der Waals surface area contributed by atoms with Crippen molar-refractivity contribution in [3.8, 4) is 17.2 Å². The molecule has 0 atom stereocenters. The molecule has 0 unspecified atom stereocenters. The molecule has 136 valence electrons. The van der Waals surface area contributed by atoms with E-state index in [0.29, 0.717) is 23.1 Å². The van der Waals surface area contributed by atoms with Crippen molar-refractivity contribution in [2.45, 2.75) is 18.1 Å². The largest absolute Gasteiger partial charge is 0.496 e. The van der Waals surface area contributed by atoms with E-state index in [-0.39, 0.29) is 0 Å². The second-order valence-electron chi connectivity index (χ2n) is 5.88. The topological polar surface area (TPSA) is 43.4 Å². The molecule has 1 heterocycles. The van der Waals surface area contributed by atoms with Crippen molar-refractivity contribution in [1.82, 2.24) is 14.7 Å². The summed E-state index contributed by atoms with van der Waals surface area (Å²) < 4.78 is 12.7. The number of rotatable bonds is 7. The highest BCUT2D eigenvalue weighted by atomic mass is 32.2. The highest BCUT2D eigenvalue weighted by Gasteiger charge is 2.13. The summed E-state index contributed by atoms with van der Waals surface area (Å²) in [5, 5.41) is 4.52. The number of aromatic nitrogens is 2. The van der Waals surface area contributed by atoms with E-state index < -0.39 is 0 Å². The van der Waals surface area contributed by atoms with Gasteiger partial charge in [-0.1, -0.05) is 24.3 Å². The maximum absolute atomic E-state index is 5.68. The molecule has 0 radical (unpaired) electrons. The zero-order chi connectivity index (χ0) is 18.5. The lowest BCUT2D eigenvalue weighted by Crippen LogP contribution is -2.22. The van der Waals surface area contributed by atoms with Gasteiger partial charge in [0.1, 0.15) is 5.75 Å². The van der Waals surface area contributed by atoms with Gasteiger partial charge >= 0.3 is 0 Å². The van der Waals surface area contributed by atoms with Gasteiger partial charge in [-0.05, 0) is 55.4 Å². The zero-order valence-corrected chi connectivity index (χ0v) is 16.6. The van der Waals surface area contributed by atoms with Crippen LogP contribution in [0.25, 0.3) is 11.5 Å². The van der Waals surface area contributed by atoms with Crippen LogP contribution in [-0.2, 0) is 13.2 Å². The van der Waals surface area contributed by atoms with Gasteiger partial charge in [-0.25, -0.2) is 4.68 Å². The molecule has 0 spiro atoms. The van der Waals surface area contributed by atoms with Crippen LogP contribution >= 0.6 is 24.0 Å². The van der Waals surface area contributed by atoms with E-state index in [1.54, 1.807) is 23.6 Å². The molecule has 0 amide bonds. The summed E-state index contributed by atoms with van der Waals surface area (Å²) in [6.45, 7) is 1.34. The van der Waals surface area contributed by atoms with Crippen LogP contribution in [0.15, 0.2) is 57.8 Å². The highest BCUT2D eigenvalue weighted by Crippen LogP contribution is 2.28. The van der Waals surface area contributed by atoms with E-state index in [2.05, 4.69) is 40.5 Å². The van der Waals surface area contributed by atoms with Crippen molar-refractivity contribution in [3.63, 3.8) is 0 Å². The number of para-hydroxylation sites is 1. The first kappa shape index (κ1) is 18.7. The smallest absolute Gasteiger partial charge is 0.288 e. The summed E-state index contributed by atoms with van der Waals surface area (Å²) >= 11 is 7.07. The maximum atomic E-state index is 5.68. The number of thioether (sulfide) groups is 1. The van der Waals surface area contributed by atoms with Crippen molar-refractivity contribution in [1.29, 1.82) is 0 Å². The van der Waals surface area contributed by atoms with E-state index in [4.69, 9.17) is 21.4 Å². The van der Waals surface area contributed by atoms with E-state index in [0.717, 1.165) is 12.1 Å². The Balaban J connectivity index is 1.73. The number of benzene rings is 2. The SMILES string of the molecule is COc1ccccc1-c1nn(CN(C)Cc2ccc(SC)cc2)c(=S)o1. The fraction of sp³-hybridized carbons (Fsp3) is 0.263. The molecular formula is C19H21N3O2S2. The van der Waals surface area contributed by atoms with Gasteiger partial charge in [0.05, 0.1) is 19.3 Å². The van der Waals surface area contributed by atoms with Gasteiger partial charge in [0.2, 0.25) is 0 Å². The predicted octanol–water partition coefficient (Wildman–Crippen LogP) is 4.69. The lowest BCUT2D eigenvalue weighted by atomic mass is 10.2. The zero-order valence-electron chi connectivity index (χ0n) is 15.0. The molecule has 0 fully saturated rings. The van der Waals surface area contributed by atoms with Crippen molar-refractivity contribution < 1.29 is 9.15 Å². The van der Waals surface area contributed by atoms with Crippen LogP contribution in [0.1, 0.15) is 5.56 Å². The second-order valence-corrected chi connectivity index (χ2v) is 7.11. The first-order valence-corrected chi connectivity index (χ1v) is 9.77. The monoisotopic (exact) mass is 387 g/mol. The number of ether oxygens (including phenoxy) is 1. The number of methoxy groups -OCH3 is 1. The molecule has 0 N–H and O–H groups in total. The third-order valence-electron chi connectivity index (χ3n) is 3.93. The molecule has 7 heteroatoms. The van der Waals surface area contributed by atoms with Gasteiger partial charge < -0.3 is 9.15 Å². The standard InChI is InChI=1S/C19H21N3O2S2/c1-21(12-14-8-10-15(26-3)11-9-14)13-22-19(25)24-18(20-22)16-6-4-5-7-17(16)23-2/h4-11H,12-13H2,1-3H3. The fourth-order valence-corrected chi connectivity index (χ4v) is 3.23. The van der Waals surface area contributed by atoms with Crippen molar-refractivity contribution in [3.05, 3.63) is 58.9 Å². The van der Waals surface area contributed by atoms with Crippen molar-refractivity contribution in [2.24, 2.45) is 0 Å². The number of hydrogen-bond donors (Lipinski definition) is 0. The van der Waals surface area contributed by atoms with Crippen LogP contribution in [0.2, 0.25) is 0 Å². The molecular weight excluding hydrogens is 366 g/mol. The summed E-state index contributed by atoms with van der Waals surface area (Å²) in [6.07, 6.45) is 2.08. The molecule has 26 heavy (non-hydrogen) atoms. The second kappa shape index (κ2) is 8.53. The molecule has 5 nitrogen and oxygen atoms in total.